The third-order valence-corrected chi connectivity index (χ3v) is 3.21. The molecule has 0 unspecified atom stereocenters. The monoisotopic (exact) mass is 234 g/mol. The summed E-state index contributed by atoms with van der Waals surface area (Å²) in [5.74, 6) is 0. The summed E-state index contributed by atoms with van der Waals surface area (Å²) in [5.41, 5.74) is 4.05. The Labute approximate surface area is 106 Å². The molecular formula is C15H26N2. The number of nitrogens with one attached hydrogen (secondary N) is 1. The zero-order valence-corrected chi connectivity index (χ0v) is 12.0. The summed E-state index contributed by atoms with van der Waals surface area (Å²) in [5, 5.41) is 3.46. The number of aryl methyl sites for hydroxylation is 1. The maximum atomic E-state index is 3.46. The van der Waals surface area contributed by atoms with Crippen LogP contribution in [0, 0.1) is 6.92 Å². The minimum Gasteiger partial charge on any atom is -0.372 e. The predicted octanol–water partition coefficient (Wildman–Crippen LogP) is 3.34. The van der Waals surface area contributed by atoms with Crippen LogP contribution in [0.2, 0.25) is 0 Å². The number of rotatable bonds is 5. The van der Waals surface area contributed by atoms with Gasteiger partial charge in [0.2, 0.25) is 0 Å². The van der Waals surface area contributed by atoms with E-state index in [9.17, 15) is 0 Å². The lowest BCUT2D eigenvalue weighted by atomic mass is 10.1. The lowest BCUT2D eigenvalue weighted by molar-refractivity contribution is 0.587. The van der Waals surface area contributed by atoms with Gasteiger partial charge in [-0.2, -0.15) is 0 Å². The molecule has 1 aromatic carbocycles. The summed E-state index contributed by atoms with van der Waals surface area (Å²) in [6.45, 7) is 11.9. The van der Waals surface area contributed by atoms with Gasteiger partial charge in [-0.1, -0.05) is 19.9 Å². The lowest BCUT2D eigenvalue weighted by Gasteiger charge is -2.24. The summed E-state index contributed by atoms with van der Waals surface area (Å²) in [6.07, 6.45) is 0. The summed E-state index contributed by atoms with van der Waals surface area (Å²) in [7, 11) is 2.14. The normalized spacial score (nSPS) is 11.3. The first-order valence-corrected chi connectivity index (χ1v) is 6.47. The van der Waals surface area contributed by atoms with Gasteiger partial charge in [-0.15, -0.1) is 0 Å². The van der Waals surface area contributed by atoms with Crippen molar-refractivity contribution in [1.29, 1.82) is 0 Å². The first kappa shape index (κ1) is 14.0. The van der Waals surface area contributed by atoms with Crippen molar-refractivity contribution in [3.05, 3.63) is 29.3 Å². The fourth-order valence-electron chi connectivity index (χ4n) is 1.71. The van der Waals surface area contributed by atoms with E-state index in [0.29, 0.717) is 12.1 Å². The van der Waals surface area contributed by atoms with Gasteiger partial charge in [0.25, 0.3) is 0 Å². The minimum atomic E-state index is 0.535. The molecule has 2 heteroatoms. The maximum Gasteiger partial charge on any atom is 0.0368 e. The molecule has 0 fully saturated rings. The van der Waals surface area contributed by atoms with Crippen molar-refractivity contribution >= 4 is 5.69 Å². The number of nitrogens with zero attached hydrogens (tertiary/aromatic N) is 1. The second-order valence-electron chi connectivity index (χ2n) is 5.35. The smallest absolute Gasteiger partial charge is 0.0368 e. The van der Waals surface area contributed by atoms with Crippen LogP contribution in [0.3, 0.4) is 0 Å². The van der Waals surface area contributed by atoms with Gasteiger partial charge in [-0.05, 0) is 44.0 Å². The summed E-state index contributed by atoms with van der Waals surface area (Å²) in [6, 6.07) is 7.79. The fraction of sp³-hybridized carbons (Fsp3) is 0.600. The van der Waals surface area contributed by atoms with Gasteiger partial charge < -0.3 is 10.2 Å². The summed E-state index contributed by atoms with van der Waals surface area (Å²) < 4.78 is 0. The van der Waals surface area contributed by atoms with Crippen LogP contribution in [-0.4, -0.2) is 19.1 Å². The molecule has 0 heterocycles. The molecule has 1 rings (SSSR count). The molecule has 1 aromatic rings. The van der Waals surface area contributed by atoms with Crippen molar-refractivity contribution in [2.24, 2.45) is 0 Å². The molecule has 96 valence electrons. The Bertz CT molecular complexity index is 356. The zero-order chi connectivity index (χ0) is 13.0. The van der Waals surface area contributed by atoms with Crippen molar-refractivity contribution in [2.45, 2.75) is 53.2 Å². The summed E-state index contributed by atoms with van der Waals surface area (Å²) in [4.78, 5) is 2.30. The van der Waals surface area contributed by atoms with Gasteiger partial charge in [0, 0.05) is 31.4 Å². The average molecular weight is 234 g/mol. The molecule has 0 spiro atoms. The standard InChI is InChI=1S/C15H26N2/c1-11(2)16-10-14-7-8-15(9-13(14)5)17(6)12(3)4/h7-9,11-12,16H,10H2,1-6H3. The number of hydrogen-bond acceptors (Lipinski definition) is 2. The molecule has 0 aliphatic heterocycles. The Hall–Kier alpha value is -1.02. The fourth-order valence-corrected chi connectivity index (χ4v) is 1.71. The molecule has 0 aromatic heterocycles. The molecular weight excluding hydrogens is 208 g/mol. The molecule has 0 aliphatic rings. The Morgan fingerprint density at radius 2 is 1.82 bits per heavy atom. The third kappa shape index (κ3) is 4.04. The highest BCUT2D eigenvalue weighted by molar-refractivity contribution is 5.50. The Morgan fingerprint density at radius 3 is 2.29 bits per heavy atom. The van der Waals surface area contributed by atoms with Crippen LogP contribution in [0.1, 0.15) is 38.8 Å². The van der Waals surface area contributed by atoms with Gasteiger partial charge in [-0.3, -0.25) is 0 Å². The van der Waals surface area contributed by atoms with Gasteiger partial charge in [-0.25, -0.2) is 0 Å². The van der Waals surface area contributed by atoms with Gasteiger partial charge in [0.05, 0.1) is 0 Å². The van der Waals surface area contributed by atoms with Crippen LogP contribution in [0.25, 0.3) is 0 Å². The second-order valence-corrected chi connectivity index (χ2v) is 5.35. The van der Waals surface area contributed by atoms with E-state index in [1.54, 1.807) is 0 Å². The maximum absolute atomic E-state index is 3.46. The van der Waals surface area contributed by atoms with Gasteiger partial charge in [0.1, 0.15) is 0 Å². The molecule has 1 N–H and O–H groups in total. The van der Waals surface area contributed by atoms with Crippen molar-refractivity contribution in [2.75, 3.05) is 11.9 Å². The van der Waals surface area contributed by atoms with E-state index in [0.717, 1.165) is 6.54 Å². The van der Waals surface area contributed by atoms with Crippen LogP contribution >= 0.6 is 0 Å². The van der Waals surface area contributed by atoms with Crippen molar-refractivity contribution in [3.63, 3.8) is 0 Å². The third-order valence-electron chi connectivity index (χ3n) is 3.21. The Morgan fingerprint density at radius 1 is 1.18 bits per heavy atom. The highest BCUT2D eigenvalue weighted by Gasteiger charge is 2.07. The zero-order valence-electron chi connectivity index (χ0n) is 12.0. The second kappa shape index (κ2) is 6.06. The lowest BCUT2D eigenvalue weighted by Crippen LogP contribution is -2.26. The molecule has 0 amide bonds. The average Bonchev–Trinajstić information content (AvgIpc) is 2.26. The molecule has 0 radical (unpaired) electrons. The number of benzene rings is 1. The molecule has 17 heavy (non-hydrogen) atoms. The number of hydrogen-bond donors (Lipinski definition) is 1. The van der Waals surface area contributed by atoms with Crippen molar-refractivity contribution in [1.82, 2.24) is 5.32 Å². The SMILES string of the molecule is Cc1cc(N(C)C(C)C)ccc1CNC(C)C. The van der Waals surface area contributed by atoms with Gasteiger partial charge >= 0.3 is 0 Å². The predicted molar refractivity (Wildman–Crippen MR) is 76.7 cm³/mol. The molecule has 0 aliphatic carbocycles. The topological polar surface area (TPSA) is 15.3 Å². The quantitative estimate of drug-likeness (QED) is 0.840. The highest BCUT2D eigenvalue weighted by Crippen LogP contribution is 2.19. The van der Waals surface area contributed by atoms with E-state index in [-0.39, 0.29) is 0 Å². The van der Waals surface area contributed by atoms with E-state index in [1.165, 1.54) is 16.8 Å². The Kier molecular flexibility index (Phi) is 5.01. The van der Waals surface area contributed by atoms with E-state index >= 15 is 0 Å². The minimum absolute atomic E-state index is 0.535. The molecule has 0 saturated heterocycles. The molecule has 0 bridgehead atoms. The van der Waals surface area contributed by atoms with Crippen LogP contribution in [0.15, 0.2) is 18.2 Å². The van der Waals surface area contributed by atoms with E-state index < -0.39 is 0 Å². The summed E-state index contributed by atoms with van der Waals surface area (Å²) >= 11 is 0. The van der Waals surface area contributed by atoms with E-state index in [1.807, 2.05) is 0 Å². The highest BCUT2D eigenvalue weighted by atomic mass is 15.1. The number of anilines is 1. The van der Waals surface area contributed by atoms with Crippen molar-refractivity contribution in [3.8, 4) is 0 Å². The first-order valence-electron chi connectivity index (χ1n) is 6.47. The van der Waals surface area contributed by atoms with Crippen LogP contribution < -0.4 is 10.2 Å². The van der Waals surface area contributed by atoms with Crippen LogP contribution in [0.4, 0.5) is 5.69 Å². The molecule has 2 nitrogen and oxygen atoms in total. The Balaban J connectivity index is 2.79. The van der Waals surface area contributed by atoms with Crippen molar-refractivity contribution < 1.29 is 0 Å². The van der Waals surface area contributed by atoms with Crippen LogP contribution in [-0.2, 0) is 6.54 Å². The van der Waals surface area contributed by atoms with E-state index in [4.69, 9.17) is 0 Å². The molecule has 0 atom stereocenters. The molecule has 0 saturated carbocycles. The largest absolute Gasteiger partial charge is 0.372 e. The van der Waals surface area contributed by atoms with Gasteiger partial charge in [0.15, 0.2) is 0 Å². The first-order chi connectivity index (χ1) is 7.91. The van der Waals surface area contributed by atoms with Crippen LogP contribution in [0.5, 0.6) is 0 Å². The van der Waals surface area contributed by atoms with E-state index in [2.05, 4.69) is 70.1 Å².